The highest BCUT2D eigenvalue weighted by Crippen LogP contribution is 2.29. The predicted molar refractivity (Wildman–Crippen MR) is 60.9 cm³/mol. The van der Waals surface area contributed by atoms with Crippen LogP contribution in [0.5, 0.6) is 0 Å². The second-order valence-corrected chi connectivity index (χ2v) is 5.14. The molecular weight excluding hydrogens is 211 g/mol. The highest BCUT2D eigenvalue weighted by atomic mass is 32.2. The first kappa shape index (κ1) is 10.7. The molecule has 0 radical (unpaired) electrons. The standard InChI is InChI=1S/C12H13FOS/c1-8-7-9(4-5-10(8)13)12(14)11-3-2-6-15-11/h4-5,7,11H,2-3,6H2,1H3. The monoisotopic (exact) mass is 224 g/mol. The van der Waals surface area contributed by atoms with Crippen molar-refractivity contribution in [2.75, 3.05) is 5.75 Å². The van der Waals surface area contributed by atoms with Gasteiger partial charge in [0, 0.05) is 5.56 Å². The third-order valence-corrected chi connectivity index (χ3v) is 4.04. The summed E-state index contributed by atoms with van der Waals surface area (Å²) >= 11 is 1.71. The van der Waals surface area contributed by atoms with Crippen LogP contribution in [0.1, 0.15) is 28.8 Å². The summed E-state index contributed by atoms with van der Waals surface area (Å²) in [6.45, 7) is 1.69. The smallest absolute Gasteiger partial charge is 0.175 e. The molecule has 15 heavy (non-hydrogen) atoms. The molecule has 1 saturated heterocycles. The van der Waals surface area contributed by atoms with Crippen LogP contribution >= 0.6 is 11.8 Å². The fourth-order valence-corrected chi connectivity index (χ4v) is 3.01. The van der Waals surface area contributed by atoms with Crippen molar-refractivity contribution in [2.24, 2.45) is 0 Å². The summed E-state index contributed by atoms with van der Waals surface area (Å²) in [5.41, 5.74) is 1.19. The van der Waals surface area contributed by atoms with Gasteiger partial charge in [-0.15, -0.1) is 0 Å². The lowest BCUT2D eigenvalue weighted by molar-refractivity contribution is 0.0988. The number of hydrogen-bond donors (Lipinski definition) is 0. The highest BCUT2D eigenvalue weighted by molar-refractivity contribution is 8.00. The topological polar surface area (TPSA) is 17.1 Å². The molecule has 1 nitrogen and oxygen atoms in total. The Morgan fingerprint density at radius 3 is 2.93 bits per heavy atom. The van der Waals surface area contributed by atoms with E-state index in [1.165, 1.54) is 6.07 Å². The summed E-state index contributed by atoms with van der Waals surface area (Å²) < 4.78 is 13.0. The Kier molecular flexibility index (Phi) is 3.10. The maximum absolute atomic E-state index is 13.0. The van der Waals surface area contributed by atoms with E-state index in [-0.39, 0.29) is 16.9 Å². The number of Topliss-reactive ketones (excluding diaryl/α,β-unsaturated/α-hetero) is 1. The molecule has 0 bridgehead atoms. The van der Waals surface area contributed by atoms with Crippen molar-refractivity contribution in [3.8, 4) is 0 Å². The van der Waals surface area contributed by atoms with Gasteiger partial charge in [-0.3, -0.25) is 4.79 Å². The van der Waals surface area contributed by atoms with E-state index in [2.05, 4.69) is 0 Å². The van der Waals surface area contributed by atoms with Crippen LogP contribution in [0.4, 0.5) is 4.39 Å². The third kappa shape index (κ3) is 2.23. The Balaban J connectivity index is 2.21. The van der Waals surface area contributed by atoms with E-state index >= 15 is 0 Å². The molecule has 80 valence electrons. The number of aryl methyl sites for hydroxylation is 1. The average molecular weight is 224 g/mol. The first-order valence-corrected chi connectivity index (χ1v) is 6.15. The van der Waals surface area contributed by atoms with Crippen LogP contribution in [0.2, 0.25) is 0 Å². The Bertz CT molecular complexity index is 383. The minimum Gasteiger partial charge on any atom is -0.293 e. The number of carbonyl (C=O) groups excluding carboxylic acids is 1. The zero-order chi connectivity index (χ0) is 10.8. The van der Waals surface area contributed by atoms with Crippen molar-refractivity contribution >= 4 is 17.5 Å². The summed E-state index contributed by atoms with van der Waals surface area (Å²) in [7, 11) is 0. The summed E-state index contributed by atoms with van der Waals surface area (Å²) in [6.07, 6.45) is 2.07. The molecule has 0 saturated carbocycles. The first-order chi connectivity index (χ1) is 7.18. The summed E-state index contributed by atoms with van der Waals surface area (Å²) in [5.74, 6) is 0.975. The van der Waals surface area contributed by atoms with Crippen LogP contribution < -0.4 is 0 Å². The maximum Gasteiger partial charge on any atom is 0.175 e. The molecule has 0 aromatic heterocycles. The Labute approximate surface area is 93.1 Å². The molecule has 1 aliphatic heterocycles. The van der Waals surface area contributed by atoms with Crippen LogP contribution in [0.3, 0.4) is 0 Å². The fourth-order valence-electron chi connectivity index (χ4n) is 1.77. The van der Waals surface area contributed by atoms with Crippen molar-refractivity contribution in [1.29, 1.82) is 0 Å². The highest BCUT2D eigenvalue weighted by Gasteiger charge is 2.24. The number of ketones is 1. The second-order valence-electron chi connectivity index (χ2n) is 3.83. The van der Waals surface area contributed by atoms with E-state index in [4.69, 9.17) is 0 Å². The van der Waals surface area contributed by atoms with Crippen molar-refractivity contribution in [2.45, 2.75) is 25.0 Å². The molecule has 0 spiro atoms. The predicted octanol–water partition coefficient (Wildman–Crippen LogP) is 3.21. The van der Waals surface area contributed by atoms with E-state index < -0.39 is 0 Å². The number of rotatable bonds is 2. The van der Waals surface area contributed by atoms with Crippen molar-refractivity contribution in [3.05, 3.63) is 35.1 Å². The van der Waals surface area contributed by atoms with Crippen molar-refractivity contribution in [1.82, 2.24) is 0 Å². The van der Waals surface area contributed by atoms with E-state index in [0.717, 1.165) is 18.6 Å². The minimum absolute atomic E-state index is 0.0925. The fraction of sp³-hybridized carbons (Fsp3) is 0.417. The molecule has 1 aromatic carbocycles. The quantitative estimate of drug-likeness (QED) is 0.717. The SMILES string of the molecule is Cc1cc(C(=O)C2CCCS2)ccc1F. The first-order valence-electron chi connectivity index (χ1n) is 5.10. The van der Waals surface area contributed by atoms with E-state index in [9.17, 15) is 9.18 Å². The average Bonchev–Trinajstić information content (AvgIpc) is 2.74. The molecule has 1 fully saturated rings. The summed E-state index contributed by atoms with van der Waals surface area (Å²) in [6, 6.07) is 4.61. The molecular formula is C12H13FOS. The second kappa shape index (κ2) is 4.35. The van der Waals surface area contributed by atoms with Gasteiger partial charge in [0.2, 0.25) is 0 Å². The van der Waals surface area contributed by atoms with Gasteiger partial charge >= 0.3 is 0 Å². The zero-order valence-electron chi connectivity index (χ0n) is 8.63. The van der Waals surface area contributed by atoms with E-state index in [1.807, 2.05) is 0 Å². The summed E-state index contributed by atoms with van der Waals surface area (Å²) in [4.78, 5) is 12.0. The Morgan fingerprint density at radius 1 is 1.53 bits per heavy atom. The van der Waals surface area contributed by atoms with Crippen LogP contribution in [0.15, 0.2) is 18.2 Å². The molecule has 0 N–H and O–H groups in total. The van der Waals surface area contributed by atoms with Gasteiger partial charge in [0.05, 0.1) is 5.25 Å². The van der Waals surface area contributed by atoms with Crippen LogP contribution in [-0.2, 0) is 0 Å². The van der Waals surface area contributed by atoms with E-state index in [0.29, 0.717) is 11.1 Å². The number of benzene rings is 1. The lowest BCUT2D eigenvalue weighted by Crippen LogP contribution is -2.14. The number of thioether (sulfide) groups is 1. The van der Waals surface area contributed by atoms with Gasteiger partial charge in [-0.05, 0) is 49.3 Å². The zero-order valence-corrected chi connectivity index (χ0v) is 9.44. The van der Waals surface area contributed by atoms with Gasteiger partial charge in [-0.1, -0.05) is 0 Å². The molecule has 2 rings (SSSR count). The van der Waals surface area contributed by atoms with Crippen LogP contribution in [0, 0.1) is 12.7 Å². The van der Waals surface area contributed by atoms with Gasteiger partial charge in [-0.25, -0.2) is 4.39 Å². The lowest BCUT2D eigenvalue weighted by Gasteiger charge is -2.08. The normalized spacial score (nSPS) is 20.5. The summed E-state index contributed by atoms with van der Waals surface area (Å²) in [5, 5.41) is 0.0925. The maximum atomic E-state index is 13.0. The Morgan fingerprint density at radius 2 is 2.33 bits per heavy atom. The molecule has 0 amide bonds. The number of hydrogen-bond acceptors (Lipinski definition) is 2. The number of carbonyl (C=O) groups is 1. The van der Waals surface area contributed by atoms with E-state index in [1.54, 1.807) is 30.8 Å². The lowest BCUT2D eigenvalue weighted by atomic mass is 10.0. The third-order valence-electron chi connectivity index (χ3n) is 2.66. The molecule has 1 aromatic rings. The molecule has 1 heterocycles. The van der Waals surface area contributed by atoms with Gasteiger partial charge in [0.1, 0.15) is 5.82 Å². The Hall–Kier alpha value is -0.830. The molecule has 1 atom stereocenters. The molecule has 3 heteroatoms. The molecule has 1 unspecified atom stereocenters. The van der Waals surface area contributed by atoms with Crippen LogP contribution in [-0.4, -0.2) is 16.8 Å². The molecule has 1 aliphatic rings. The number of halogens is 1. The minimum atomic E-state index is -0.245. The van der Waals surface area contributed by atoms with Gasteiger partial charge < -0.3 is 0 Å². The molecule has 0 aliphatic carbocycles. The van der Waals surface area contributed by atoms with Crippen LogP contribution in [0.25, 0.3) is 0 Å². The van der Waals surface area contributed by atoms with Gasteiger partial charge in [-0.2, -0.15) is 11.8 Å². The largest absolute Gasteiger partial charge is 0.293 e. The van der Waals surface area contributed by atoms with Gasteiger partial charge in [0.25, 0.3) is 0 Å². The van der Waals surface area contributed by atoms with Crippen molar-refractivity contribution in [3.63, 3.8) is 0 Å². The van der Waals surface area contributed by atoms with Crippen molar-refractivity contribution < 1.29 is 9.18 Å². The van der Waals surface area contributed by atoms with Gasteiger partial charge in [0.15, 0.2) is 5.78 Å².